The lowest BCUT2D eigenvalue weighted by atomic mass is 9.83. The number of thiophene rings is 1. The number of likely N-dealkylation sites (N-methyl/N-ethyl adjacent to an activating group) is 1. The van der Waals surface area contributed by atoms with Crippen molar-refractivity contribution in [2.75, 3.05) is 20.1 Å². The van der Waals surface area contributed by atoms with E-state index in [0.717, 1.165) is 29.0 Å². The molecule has 0 saturated carbocycles. The quantitative estimate of drug-likeness (QED) is 0.344. The molecule has 0 aliphatic carbocycles. The third-order valence-corrected chi connectivity index (χ3v) is 6.32. The van der Waals surface area contributed by atoms with E-state index < -0.39 is 11.9 Å². The van der Waals surface area contributed by atoms with Gasteiger partial charge in [0.25, 0.3) is 0 Å². The molecular weight excluding hydrogens is 467 g/mol. The summed E-state index contributed by atoms with van der Waals surface area (Å²) in [4.78, 5) is 7.45. The van der Waals surface area contributed by atoms with Crippen LogP contribution < -0.4 is 5.73 Å². The van der Waals surface area contributed by atoms with Gasteiger partial charge >= 0.3 is 6.18 Å². The highest BCUT2D eigenvalue weighted by Crippen LogP contribution is 2.42. The molecule has 0 bridgehead atoms. The molecule has 1 atom stereocenters. The molecule has 8 heteroatoms. The molecule has 33 heavy (non-hydrogen) atoms. The number of fused-ring (bicyclic) bond motifs is 1. The topological polar surface area (TPSA) is 41.6 Å². The molecule has 0 spiro atoms. The summed E-state index contributed by atoms with van der Waals surface area (Å²) in [6.07, 6.45) is 0.640. The molecule has 1 aliphatic heterocycles. The molecule has 178 valence electrons. The van der Waals surface area contributed by atoms with Crippen molar-refractivity contribution in [1.29, 1.82) is 0 Å². The fourth-order valence-electron chi connectivity index (χ4n) is 3.58. The molecule has 1 aromatic heterocycles. The summed E-state index contributed by atoms with van der Waals surface area (Å²) in [5.74, 6) is -0.0979. The first kappa shape index (κ1) is 26.9. The van der Waals surface area contributed by atoms with Crippen molar-refractivity contribution in [3.05, 3.63) is 87.2 Å². The number of hydrogen-bond acceptors (Lipinski definition) is 4. The van der Waals surface area contributed by atoms with Gasteiger partial charge in [0.1, 0.15) is 5.70 Å². The van der Waals surface area contributed by atoms with Crippen LogP contribution in [0.3, 0.4) is 0 Å². The molecule has 2 heterocycles. The second kappa shape index (κ2) is 12.2. The third-order valence-electron chi connectivity index (χ3n) is 5.06. The van der Waals surface area contributed by atoms with Crippen LogP contribution in [0.15, 0.2) is 66.3 Å². The maximum atomic E-state index is 13.5. The van der Waals surface area contributed by atoms with Gasteiger partial charge in [0, 0.05) is 42.2 Å². The van der Waals surface area contributed by atoms with Crippen LogP contribution in [0.2, 0.25) is 4.34 Å². The van der Waals surface area contributed by atoms with Crippen molar-refractivity contribution in [2.24, 2.45) is 10.7 Å². The van der Waals surface area contributed by atoms with Gasteiger partial charge in [0.2, 0.25) is 0 Å². The number of aliphatic imine (C=N–C) groups is 1. The second-order valence-electron chi connectivity index (χ2n) is 7.60. The maximum Gasteiger partial charge on any atom is 0.431 e. The zero-order valence-electron chi connectivity index (χ0n) is 18.8. The van der Waals surface area contributed by atoms with Crippen LogP contribution in [0.1, 0.15) is 40.8 Å². The van der Waals surface area contributed by atoms with Crippen LogP contribution in [0.4, 0.5) is 13.2 Å². The predicted octanol–water partition coefficient (Wildman–Crippen LogP) is 7.05. The van der Waals surface area contributed by atoms with E-state index in [9.17, 15) is 13.2 Å². The summed E-state index contributed by atoms with van der Waals surface area (Å²) in [7, 11) is 2.00. The number of hydrogen-bond donors (Lipinski definition) is 1. The van der Waals surface area contributed by atoms with Crippen LogP contribution in [0.5, 0.6) is 0 Å². The molecule has 3 nitrogen and oxygen atoms in total. The van der Waals surface area contributed by atoms with Crippen LogP contribution in [0.25, 0.3) is 5.57 Å². The number of halogens is 4. The van der Waals surface area contributed by atoms with Crippen LogP contribution >= 0.6 is 22.9 Å². The fraction of sp³-hybridized carbons (Fsp3) is 0.320. The average molecular weight is 496 g/mol. The minimum absolute atomic E-state index is 0.0855. The number of allylic oxidation sites excluding steroid dienone is 4. The first-order valence-corrected chi connectivity index (χ1v) is 11.7. The number of nitrogens with two attached hydrogens (primary N) is 1. The third kappa shape index (κ3) is 7.06. The molecule has 0 radical (unpaired) electrons. The Balaban J connectivity index is 0.000000890. The molecule has 1 unspecified atom stereocenters. The van der Waals surface area contributed by atoms with Crippen molar-refractivity contribution in [3.63, 3.8) is 0 Å². The van der Waals surface area contributed by atoms with E-state index in [1.54, 1.807) is 24.3 Å². The fourth-order valence-corrected chi connectivity index (χ4v) is 5.00. The van der Waals surface area contributed by atoms with Crippen LogP contribution in [-0.4, -0.2) is 37.4 Å². The Labute approximate surface area is 202 Å². The van der Waals surface area contributed by atoms with Gasteiger partial charge in [-0.3, -0.25) is 4.99 Å². The first-order chi connectivity index (χ1) is 15.6. The Morgan fingerprint density at radius 2 is 1.94 bits per heavy atom. The highest BCUT2D eigenvalue weighted by Gasteiger charge is 2.36. The lowest BCUT2D eigenvalue weighted by molar-refractivity contribution is -0.0918. The normalized spacial score (nSPS) is 17.1. The van der Waals surface area contributed by atoms with Gasteiger partial charge in [-0.2, -0.15) is 13.2 Å². The lowest BCUT2D eigenvalue weighted by Crippen LogP contribution is -2.30. The molecule has 0 fully saturated rings. The van der Waals surface area contributed by atoms with Gasteiger partial charge < -0.3 is 10.6 Å². The van der Waals surface area contributed by atoms with Crippen LogP contribution in [-0.2, 0) is 6.54 Å². The van der Waals surface area contributed by atoms with Gasteiger partial charge in [-0.1, -0.05) is 68.1 Å². The van der Waals surface area contributed by atoms with Gasteiger partial charge in [-0.25, -0.2) is 0 Å². The van der Waals surface area contributed by atoms with Crippen LogP contribution in [0, 0.1) is 0 Å². The summed E-state index contributed by atoms with van der Waals surface area (Å²) in [6, 6.07) is 9.04. The largest absolute Gasteiger partial charge is 0.431 e. The Hall–Kier alpha value is -2.35. The highest BCUT2D eigenvalue weighted by molar-refractivity contribution is 7.16. The molecule has 0 amide bonds. The predicted molar refractivity (Wildman–Crippen MR) is 135 cm³/mol. The molecule has 1 aromatic carbocycles. The summed E-state index contributed by atoms with van der Waals surface area (Å²) in [6.45, 7) is 10.5. The maximum absolute atomic E-state index is 13.5. The Morgan fingerprint density at radius 1 is 1.27 bits per heavy atom. The van der Waals surface area contributed by atoms with Gasteiger partial charge in [-0.05, 0) is 36.2 Å². The van der Waals surface area contributed by atoms with Crippen molar-refractivity contribution in [2.45, 2.75) is 32.0 Å². The van der Waals surface area contributed by atoms with Gasteiger partial charge in [-0.15, -0.1) is 11.3 Å². The summed E-state index contributed by atoms with van der Waals surface area (Å²) in [5, 5.41) is 0. The summed E-state index contributed by atoms with van der Waals surface area (Å²) < 4.78 is 41.2. The molecule has 0 saturated heterocycles. The summed E-state index contributed by atoms with van der Waals surface area (Å²) >= 11 is 7.76. The lowest BCUT2D eigenvalue weighted by Gasteiger charge is -2.31. The van der Waals surface area contributed by atoms with Crippen molar-refractivity contribution < 1.29 is 13.2 Å². The van der Waals surface area contributed by atoms with Gasteiger partial charge in [0.05, 0.1) is 4.34 Å². The van der Waals surface area contributed by atoms with E-state index >= 15 is 0 Å². The van der Waals surface area contributed by atoms with Gasteiger partial charge in [0.15, 0.2) is 0 Å². The molecule has 2 aromatic rings. The Bertz CT molecular complexity index is 1020. The standard InChI is InChI=1S/C21H23ClF3N3S.C4H6/c1-3-8-27-10-16(20(26)21(23,24)25)13-6-4-5-7-14(13)17-11-28(2)12-18-15(17)9-19(22)29-18;1-3-4-2/h4-7,9-10,17H,3,8,11-12,26H2,1-2H3;3-4H,1-2H2/b20-16+,27-10?;. The average Bonchev–Trinajstić information content (AvgIpc) is 3.15. The minimum Gasteiger partial charge on any atom is -0.394 e. The number of alkyl halides is 3. The van der Waals surface area contributed by atoms with Crippen molar-refractivity contribution in [3.8, 4) is 0 Å². The van der Waals surface area contributed by atoms with Crippen molar-refractivity contribution in [1.82, 2.24) is 4.90 Å². The Morgan fingerprint density at radius 3 is 2.55 bits per heavy atom. The number of benzene rings is 1. The van der Waals surface area contributed by atoms with E-state index in [0.29, 0.717) is 23.0 Å². The SMILES string of the molecule is C=CC=C.CCCN=C/C(=C(\N)C(F)(F)F)c1ccccc1C1CN(C)Cc2sc(Cl)cc21. The van der Waals surface area contributed by atoms with Crippen molar-refractivity contribution >= 4 is 34.7 Å². The van der Waals surface area contributed by atoms with E-state index in [-0.39, 0.29) is 11.5 Å². The molecule has 1 aliphatic rings. The zero-order valence-corrected chi connectivity index (χ0v) is 20.4. The van der Waals surface area contributed by atoms with E-state index in [1.165, 1.54) is 17.6 Å². The molecule has 2 N–H and O–H groups in total. The first-order valence-electron chi connectivity index (χ1n) is 10.5. The Kier molecular flexibility index (Phi) is 9.95. The molecular formula is C25H29ClF3N3S. The zero-order chi connectivity index (χ0) is 24.6. The monoisotopic (exact) mass is 495 g/mol. The summed E-state index contributed by atoms with van der Waals surface area (Å²) in [5.41, 5.74) is 6.67. The van der Waals surface area contributed by atoms with E-state index in [1.807, 2.05) is 32.2 Å². The second-order valence-corrected chi connectivity index (χ2v) is 9.37. The number of rotatable bonds is 6. The van der Waals surface area contributed by atoms with E-state index in [2.05, 4.69) is 23.1 Å². The minimum atomic E-state index is -4.64. The molecule has 3 rings (SSSR count). The highest BCUT2D eigenvalue weighted by atomic mass is 35.5. The smallest absolute Gasteiger partial charge is 0.394 e. The van der Waals surface area contributed by atoms with E-state index in [4.69, 9.17) is 17.3 Å². The number of nitrogens with zero attached hydrogens (tertiary/aromatic N) is 2.